The summed E-state index contributed by atoms with van der Waals surface area (Å²) in [6, 6.07) is 12.3. The van der Waals surface area contributed by atoms with Gasteiger partial charge in [-0.25, -0.2) is 4.39 Å². The standard InChI is InChI=1S/C19H17FN2O3/c1-12(13-6-8-15(20)9-7-13)21-17(23)11-22-18(24)10-14-4-2-3-5-16(14)19(22)25/h2-9,12H,10-11H2,1H3,(H,21,23)/t12-/m0/s1. The quantitative estimate of drug-likeness (QED) is 0.868. The van der Waals surface area contributed by atoms with E-state index in [1.54, 1.807) is 43.3 Å². The summed E-state index contributed by atoms with van der Waals surface area (Å²) in [6.07, 6.45) is 0.0999. The van der Waals surface area contributed by atoms with Crippen LogP contribution in [0.3, 0.4) is 0 Å². The SMILES string of the molecule is C[C@H](NC(=O)CN1C(=O)Cc2ccccc2C1=O)c1ccc(F)cc1. The van der Waals surface area contributed by atoms with Gasteiger partial charge in [0.2, 0.25) is 11.8 Å². The van der Waals surface area contributed by atoms with Gasteiger partial charge in [0, 0.05) is 5.56 Å². The summed E-state index contributed by atoms with van der Waals surface area (Å²) in [4.78, 5) is 37.8. The van der Waals surface area contributed by atoms with Gasteiger partial charge in [-0.05, 0) is 36.2 Å². The molecule has 0 aliphatic carbocycles. The number of carbonyl (C=O) groups is 3. The lowest BCUT2D eigenvalue weighted by Crippen LogP contribution is -2.47. The molecule has 0 fully saturated rings. The van der Waals surface area contributed by atoms with Crippen LogP contribution in [-0.4, -0.2) is 29.2 Å². The smallest absolute Gasteiger partial charge is 0.261 e. The molecule has 6 heteroatoms. The summed E-state index contributed by atoms with van der Waals surface area (Å²) in [6.45, 7) is 1.41. The van der Waals surface area contributed by atoms with E-state index in [-0.39, 0.29) is 24.8 Å². The number of fused-ring (bicyclic) bond motifs is 1. The van der Waals surface area contributed by atoms with Gasteiger partial charge in [0.25, 0.3) is 5.91 Å². The molecule has 1 heterocycles. The Morgan fingerprint density at radius 1 is 1.16 bits per heavy atom. The van der Waals surface area contributed by atoms with Crippen molar-refractivity contribution in [3.8, 4) is 0 Å². The highest BCUT2D eigenvalue weighted by Crippen LogP contribution is 2.19. The third kappa shape index (κ3) is 3.57. The molecular formula is C19H17FN2O3. The monoisotopic (exact) mass is 340 g/mol. The van der Waals surface area contributed by atoms with Crippen LogP contribution in [0.4, 0.5) is 4.39 Å². The molecule has 0 spiro atoms. The molecule has 128 valence electrons. The van der Waals surface area contributed by atoms with Crippen molar-refractivity contribution in [3.05, 3.63) is 71.0 Å². The van der Waals surface area contributed by atoms with Gasteiger partial charge in [-0.3, -0.25) is 19.3 Å². The number of halogens is 1. The first-order valence-electron chi connectivity index (χ1n) is 7.93. The minimum Gasteiger partial charge on any atom is -0.348 e. The van der Waals surface area contributed by atoms with Crippen molar-refractivity contribution in [2.75, 3.05) is 6.54 Å². The topological polar surface area (TPSA) is 66.5 Å². The van der Waals surface area contributed by atoms with Crippen LogP contribution in [0.25, 0.3) is 0 Å². The average Bonchev–Trinajstić information content (AvgIpc) is 2.59. The number of hydrogen-bond donors (Lipinski definition) is 1. The van der Waals surface area contributed by atoms with E-state index in [1.165, 1.54) is 12.1 Å². The number of nitrogens with one attached hydrogen (secondary N) is 1. The second-order valence-electron chi connectivity index (χ2n) is 5.96. The fraction of sp³-hybridized carbons (Fsp3) is 0.211. The second-order valence-corrected chi connectivity index (χ2v) is 5.96. The first-order chi connectivity index (χ1) is 12.0. The number of benzene rings is 2. The molecule has 2 aromatic carbocycles. The molecule has 2 aromatic rings. The van der Waals surface area contributed by atoms with Crippen LogP contribution in [0.1, 0.15) is 34.5 Å². The third-order valence-corrected chi connectivity index (χ3v) is 4.18. The normalized spacial score (nSPS) is 14.9. The van der Waals surface area contributed by atoms with Crippen LogP contribution < -0.4 is 5.32 Å². The lowest BCUT2D eigenvalue weighted by atomic mass is 9.98. The Kier molecular flexibility index (Phi) is 4.61. The Morgan fingerprint density at radius 2 is 1.84 bits per heavy atom. The maximum atomic E-state index is 13.0. The highest BCUT2D eigenvalue weighted by molar-refractivity contribution is 6.11. The first-order valence-corrected chi connectivity index (χ1v) is 7.93. The number of hydrogen-bond acceptors (Lipinski definition) is 3. The maximum absolute atomic E-state index is 13.0. The van der Waals surface area contributed by atoms with E-state index in [9.17, 15) is 18.8 Å². The van der Waals surface area contributed by atoms with Gasteiger partial charge >= 0.3 is 0 Å². The van der Waals surface area contributed by atoms with E-state index in [0.717, 1.165) is 10.5 Å². The molecule has 0 aromatic heterocycles. The Morgan fingerprint density at radius 3 is 2.56 bits per heavy atom. The number of carbonyl (C=O) groups excluding carboxylic acids is 3. The highest BCUT2D eigenvalue weighted by atomic mass is 19.1. The molecule has 1 aliphatic rings. The summed E-state index contributed by atoms with van der Waals surface area (Å²) in [5.41, 5.74) is 1.85. The molecule has 1 aliphatic heterocycles. The number of imide groups is 1. The van der Waals surface area contributed by atoms with E-state index in [1.807, 2.05) is 0 Å². The molecule has 5 nitrogen and oxygen atoms in total. The zero-order valence-corrected chi connectivity index (χ0v) is 13.7. The van der Waals surface area contributed by atoms with Crippen LogP contribution in [0.5, 0.6) is 0 Å². The van der Waals surface area contributed by atoms with Gasteiger partial charge in [0.15, 0.2) is 0 Å². The van der Waals surface area contributed by atoms with Gasteiger partial charge < -0.3 is 5.32 Å². The lowest BCUT2D eigenvalue weighted by Gasteiger charge is -2.26. The number of amides is 3. The van der Waals surface area contributed by atoms with Crippen LogP contribution in [-0.2, 0) is 16.0 Å². The lowest BCUT2D eigenvalue weighted by molar-refractivity contribution is -0.133. The molecule has 1 atom stereocenters. The summed E-state index contributed by atoms with van der Waals surface area (Å²) >= 11 is 0. The molecule has 3 amide bonds. The van der Waals surface area contributed by atoms with Gasteiger partial charge in [-0.2, -0.15) is 0 Å². The van der Waals surface area contributed by atoms with E-state index in [0.29, 0.717) is 11.1 Å². The summed E-state index contributed by atoms with van der Waals surface area (Å²) < 4.78 is 13.0. The molecule has 0 unspecified atom stereocenters. The fourth-order valence-electron chi connectivity index (χ4n) is 2.83. The fourth-order valence-corrected chi connectivity index (χ4v) is 2.83. The Hall–Kier alpha value is -3.02. The van der Waals surface area contributed by atoms with Crippen LogP contribution in [0.2, 0.25) is 0 Å². The second kappa shape index (κ2) is 6.84. The van der Waals surface area contributed by atoms with Crippen molar-refractivity contribution >= 4 is 17.7 Å². The Balaban J connectivity index is 1.67. The predicted molar refractivity (Wildman–Crippen MR) is 89.1 cm³/mol. The number of nitrogens with zero attached hydrogens (tertiary/aromatic N) is 1. The minimum atomic E-state index is -0.462. The molecule has 3 rings (SSSR count). The third-order valence-electron chi connectivity index (χ3n) is 4.18. The van der Waals surface area contributed by atoms with Gasteiger partial charge in [0.05, 0.1) is 12.5 Å². The van der Waals surface area contributed by atoms with Crippen molar-refractivity contribution in [2.45, 2.75) is 19.4 Å². The molecular weight excluding hydrogens is 323 g/mol. The largest absolute Gasteiger partial charge is 0.348 e. The Bertz CT molecular complexity index is 833. The maximum Gasteiger partial charge on any atom is 0.261 e. The van der Waals surface area contributed by atoms with Crippen LogP contribution >= 0.6 is 0 Å². The molecule has 0 bridgehead atoms. The summed E-state index contributed by atoms with van der Waals surface area (Å²) in [7, 11) is 0. The summed E-state index contributed by atoms with van der Waals surface area (Å²) in [5.74, 6) is -1.66. The van der Waals surface area contributed by atoms with E-state index in [2.05, 4.69) is 5.32 Å². The zero-order chi connectivity index (χ0) is 18.0. The highest BCUT2D eigenvalue weighted by Gasteiger charge is 2.32. The van der Waals surface area contributed by atoms with Crippen molar-refractivity contribution in [2.24, 2.45) is 0 Å². The average molecular weight is 340 g/mol. The minimum absolute atomic E-state index is 0.0999. The first kappa shape index (κ1) is 16.8. The summed E-state index contributed by atoms with van der Waals surface area (Å²) in [5, 5.41) is 2.72. The van der Waals surface area contributed by atoms with Gasteiger partial charge in [-0.1, -0.05) is 30.3 Å². The van der Waals surface area contributed by atoms with Crippen molar-refractivity contribution in [3.63, 3.8) is 0 Å². The van der Waals surface area contributed by atoms with Crippen LogP contribution in [0.15, 0.2) is 48.5 Å². The van der Waals surface area contributed by atoms with Gasteiger partial charge in [0.1, 0.15) is 12.4 Å². The molecule has 25 heavy (non-hydrogen) atoms. The molecule has 0 saturated carbocycles. The molecule has 0 saturated heterocycles. The van der Waals surface area contributed by atoms with Crippen molar-refractivity contribution in [1.82, 2.24) is 10.2 Å². The molecule has 1 N–H and O–H groups in total. The van der Waals surface area contributed by atoms with Crippen LogP contribution in [0, 0.1) is 5.82 Å². The van der Waals surface area contributed by atoms with E-state index in [4.69, 9.17) is 0 Å². The van der Waals surface area contributed by atoms with Gasteiger partial charge in [-0.15, -0.1) is 0 Å². The Labute approximate surface area is 144 Å². The van der Waals surface area contributed by atoms with E-state index < -0.39 is 17.7 Å². The number of rotatable bonds is 4. The predicted octanol–water partition coefficient (Wildman–Crippen LogP) is 2.23. The van der Waals surface area contributed by atoms with Crippen molar-refractivity contribution in [1.29, 1.82) is 0 Å². The van der Waals surface area contributed by atoms with E-state index >= 15 is 0 Å². The van der Waals surface area contributed by atoms with Crippen molar-refractivity contribution < 1.29 is 18.8 Å². The molecule has 0 radical (unpaired) electrons. The zero-order valence-electron chi connectivity index (χ0n) is 13.7.